The summed E-state index contributed by atoms with van der Waals surface area (Å²) in [5, 5.41) is 4.76. The number of pyridine rings is 2. The van der Waals surface area contributed by atoms with Crippen molar-refractivity contribution in [2.24, 2.45) is 5.73 Å². The molecule has 1 aliphatic heterocycles. The number of amides is 1. The van der Waals surface area contributed by atoms with Crippen LogP contribution < -0.4 is 15.8 Å². The van der Waals surface area contributed by atoms with Crippen molar-refractivity contribution in [3.05, 3.63) is 42.4 Å². The summed E-state index contributed by atoms with van der Waals surface area (Å²) in [6, 6.07) is 7.59. The molecule has 198 valence electrons. The zero-order valence-electron chi connectivity index (χ0n) is 21.9. The molecule has 1 amide bonds. The Morgan fingerprint density at radius 3 is 2.66 bits per heavy atom. The molecule has 3 aromatic heterocycles. The van der Waals surface area contributed by atoms with Crippen molar-refractivity contribution < 1.29 is 18.7 Å². The molecule has 1 aliphatic carbocycles. The summed E-state index contributed by atoms with van der Waals surface area (Å²) >= 11 is 0. The monoisotopic (exact) mass is 516 g/mol. The van der Waals surface area contributed by atoms with E-state index in [2.05, 4.69) is 34.0 Å². The summed E-state index contributed by atoms with van der Waals surface area (Å²) in [7, 11) is 1.81. The highest BCUT2D eigenvalue weighted by Crippen LogP contribution is 2.48. The van der Waals surface area contributed by atoms with Crippen LogP contribution in [0.1, 0.15) is 32.4 Å². The molecule has 0 atom stereocenters. The van der Waals surface area contributed by atoms with Gasteiger partial charge >= 0.3 is 0 Å². The molecule has 4 heterocycles. The summed E-state index contributed by atoms with van der Waals surface area (Å²) in [4.78, 5) is 28.5. The molecule has 4 aromatic rings. The third kappa shape index (κ3) is 4.23. The highest BCUT2D eigenvalue weighted by molar-refractivity contribution is 6.01. The number of oxazole rings is 1. The van der Waals surface area contributed by atoms with E-state index in [1.54, 1.807) is 12.4 Å². The van der Waals surface area contributed by atoms with Crippen LogP contribution in [0.5, 0.6) is 5.75 Å². The lowest BCUT2D eigenvalue weighted by atomic mass is 9.98. The van der Waals surface area contributed by atoms with E-state index in [0.29, 0.717) is 48.0 Å². The summed E-state index contributed by atoms with van der Waals surface area (Å²) < 4.78 is 17.8. The number of carbonyl (C=O) groups excluding carboxylic acids is 1. The number of aromatic nitrogens is 3. The first-order valence-corrected chi connectivity index (χ1v) is 12.9. The van der Waals surface area contributed by atoms with Gasteiger partial charge < -0.3 is 24.9 Å². The van der Waals surface area contributed by atoms with E-state index in [-0.39, 0.29) is 11.4 Å². The number of anilines is 1. The van der Waals surface area contributed by atoms with E-state index in [1.165, 1.54) is 0 Å². The van der Waals surface area contributed by atoms with Gasteiger partial charge in [-0.25, -0.2) is 9.97 Å². The molecule has 0 bridgehead atoms. The topological polar surface area (TPSA) is 129 Å². The number of carbonyl (C=O) groups is 1. The molecule has 0 unspecified atom stereocenters. The fourth-order valence-corrected chi connectivity index (χ4v) is 5.15. The van der Waals surface area contributed by atoms with Gasteiger partial charge in [-0.05, 0) is 44.9 Å². The standard InChI is InChI=1S/C28H32N6O4/c1-27(2,34-8-10-36-11-9-34)16-37-17-4-5-22-21(12-17)33-25(38-22)20-15-32-24(30-3)19-14-31-23(13-18(19)20)28(6-7-28)26(29)35/h4-5,12-15H,6-11,16H2,1-3H3,(H2,29,35)(H,30,32). The van der Waals surface area contributed by atoms with Crippen LogP contribution in [0, 0.1) is 0 Å². The van der Waals surface area contributed by atoms with E-state index in [9.17, 15) is 4.79 Å². The number of fused-ring (bicyclic) bond motifs is 2. The van der Waals surface area contributed by atoms with E-state index >= 15 is 0 Å². The number of nitrogens with zero attached hydrogens (tertiary/aromatic N) is 4. The molecular formula is C28H32N6O4. The number of rotatable bonds is 8. The van der Waals surface area contributed by atoms with Crippen LogP contribution in [0.4, 0.5) is 5.82 Å². The van der Waals surface area contributed by atoms with Crippen LogP contribution in [0.2, 0.25) is 0 Å². The normalized spacial score (nSPS) is 17.6. The molecule has 2 aliphatic rings. The molecule has 1 saturated heterocycles. The minimum Gasteiger partial charge on any atom is -0.492 e. The van der Waals surface area contributed by atoms with Gasteiger partial charge in [0.15, 0.2) is 5.58 Å². The largest absolute Gasteiger partial charge is 0.492 e. The first kappa shape index (κ1) is 24.6. The molecule has 0 radical (unpaired) electrons. The minimum atomic E-state index is -0.697. The lowest BCUT2D eigenvalue weighted by Gasteiger charge is -2.40. The SMILES string of the molecule is CNc1ncc(-c2nc3cc(OCC(C)(C)N4CCOCC4)ccc3o2)c2cc(C3(C(N)=O)CC3)ncc12. The number of nitrogens with two attached hydrogens (primary N) is 1. The summed E-state index contributed by atoms with van der Waals surface area (Å²) in [5.74, 6) is 1.50. The van der Waals surface area contributed by atoms with Crippen molar-refractivity contribution in [1.29, 1.82) is 0 Å². The van der Waals surface area contributed by atoms with E-state index in [4.69, 9.17) is 24.6 Å². The molecule has 6 rings (SSSR count). The number of primary amides is 1. The smallest absolute Gasteiger partial charge is 0.229 e. The first-order chi connectivity index (χ1) is 18.3. The maximum atomic E-state index is 12.2. The second-order valence-corrected chi connectivity index (χ2v) is 10.7. The number of hydrogen-bond donors (Lipinski definition) is 2. The zero-order valence-corrected chi connectivity index (χ0v) is 21.9. The Balaban J connectivity index is 1.32. The van der Waals surface area contributed by atoms with Crippen LogP contribution >= 0.6 is 0 Å². The number of morpholine rings is 1. The quantitative estimate of drug-likeness (QED) is 0.362. The second-order valence-electron chi connectivity index (χ2n) is 10.7. The lowest BCUT2D eigenvalue weighted by Crippen LogP contribution is -2.53. The highest BCUT2D eigenvalue weighted by atomic mass is 16.5. The molecule has 1 aromatic carbocycles. The fourth-order valence-electron chi connectivity index (χ4n) is 5.15. The van der Waals surface area contributed by atoms with Gasteiger partial charge in [0, 0.05) is 54.9 Å². The van der Waals surface area contributed by atoms with Gasteiger partial charge in [-0.2, -0.15) is 0 Å². The maximum absolute atomic E-state index is 12.2. The summed E-state index contributed by atoms with van der Waals surface area (Å²) in [5.41, 5.74) is 7.63. The molecule has 0 spiro atoms. The Morgan fingerprint density at radius 2 is 1.95 bits per heavy atom. The average molecular weight is 517 g/mol. The Hall–Kier alpha value is -3.76. The second kappa shape index (κ2) is 9.21. The van der Waals surface area contributed by atoms with Crippen molar-refractivity contribution in [2.75, 3.05) is 45.3 Å². The third-order valence-corrected chi connectivity index (χ3v) is 7.77. The molecular weight excluding hydrogens is 484 g/mol. The van der Waals surface area contributed by atoms with E-state index in [0.717, 1.165) is 48.4 Å². The van der Waals surface area contributed by atoms with Crippen molar-refractivity contribution in [3.63, 3.8) is 0 Å². The Labute approximate surface area is 220 Å². The van der Waals surface area contributed by atoms with Crippen molar-refractivity contribution >= 4 is 33.6 Å². The molecule has 10 nitrogen and oxygen atoms in total. The molecule has 1 saturated carbocycles. The van der Waals surface area contributed by atoms with Gasteiger partial charge in [0.05, 0.1) is 29.9 Å². The first-order valence-electron chi connectivity index (χ1n) is 12.9. The predicted octanol–water partition coefficient (Wildman–Crippen LogP) is 3.49. The average Bonchev–Trinajstić information content (AvgIpc) is 3.65. The Bertz CT molecular complexity index is 1520. The summed E-state index contributed by atoms with van der Waals surface area (Å²) in [6.07, 6.45) is 4.87. The van der Waals surface area contributed by atoms with Crippen LogP contribution in [0.15, 0.2) is 41.1 Å². The molecule has 10 heteroatoms. The van der Waals surface area contributed by atoms with Crippen molar-refractivity contribution in [2.45, 2.75) is 37.6 Å². The van der Waals surface area contributed by atoms with Gasteiger partial charge in [-0.3, -0.25) is 14.7 Å². The van der Waals surface area contributed by atoms with Gasteiger partial charge in [-0.15, -0.1) is 0 Å². The lowest BCUT2D eigenvalue weighted by molar-refractivity contribution is -0.120. The van der Waals surface area contributed by atoms with Gasteiger partial charge in [-0.1, -0.05) is 0 Å². The Kier molecular flexibility index (Phi) is 5.96. The molecule has 3 N–H and O–H groups in total. The Morgan fingerprint density at radius 1 is 1.16 bits per heavy atom. The van der Waals surface area contributed by atoms with Gasteiger partial charge in [0.2, 0.25) is 11.8 Å². The van der Waals surface area contributed by atoms with Crippen LogP contribution in [0.25, 0.3) is 33.3 Å². The number of nitrogens with one attached hydrogen (secondary N) is 1. The highest BCUT2D eigenvalue weighted by Gasteiger charge is 2.51. The van der Waals surface area contributed by atoms with Crippen molar-refractivity contribution in [3.8, 4) is 17.2 Å². The summed E-state index contributed by atoms with van der Waals surface area (Å²) in [6.45, 7) is 8.20. The van der Waals surface area contributed by atoms with Gasteiger partial charge in [0.1, 0.15) is 23.7 Å². The van der Waals surface area contributed by atoms with Gasteiger partial charge in [0.25, 0.3) is 0 Å². The number of ether oxygens (including phenoxy) is 2. The number of hydrogen-bond acceptors (Lipinski definition) is 9. The van der Waals surface area contributed by atoms with Crippen LogP contribution in [-0.4, -0.2) is 71.3 Å². The maximum Gasteiger partial charge on any atom is 0.229 e. The van der Waals surface area contributed by atoms with Crippen LogP contribution in [-0.2, 0) is 14.9 Å². The number of benzene rings is 1. The van der Waals surface area contributed by atoms with E-state index in [1.807, 2.05) is 31.3 Å². The predicted molar refractivity (Wildman–Crippen MR) is 144 cm³/mol. The minimum absolute atomic E-state index is 0.122. The molecule has 38 heavy (non-hydrogen) atoms. The van der Waals surface area contributed by atoms with Crippen LogP contribution in [0.3, 0.4) is 0 Å². The zero-order chi connectivity index (χ0) is 26.5. The third-order valence-electron chi connectivity index (χ3n) is 7.77. The molecule has 2 fully saturated rings. The fraction of sp³-hybridized carbons (Fsp3) is 0.429. The van der Waals surface area contributed by atoms with E-state index < -0.39 is 5.41 Å². The van der Waals surface area contributed by atoms with Crippen molar-refractivity contribution in [1.82, 2.24) is 19.9 Å².